The number of amides is 1. The summed E-state index contributed by atoms with van der Waals surface area (Å²) in [6.45, 7) is 4.87. The third kappa shape index (κ3) is 5.57. The molecule has 1 amide bonds. The van der Waals surface area contributed by atoms with Crippen LogP contribution in [0.25, 0.3) is 0 Å². The van der Waals surface area contributed by atoms with E-state index in [1.807, 2.05) is 13.8 Å². The van der Waals surface area contributed by atoms with Crippen molar-refractivity contribution in [2.45, 2.75) is 13.8 Å². The predicted molar refractivity (Wildman–Crippen MR) is 79.3 cm³/mol. The maximum absolute atomic E-state index is 11.9. The molecule has 1 heterocycles. The molecule has 0 aromatic carbocycles. The Kier molecular flexibility index (Phi) is 6.80. The Balaban J connectivity index is 2.63. The number of carbonyl (C=O) groups is 1. The number of pyridine rings is 1. The van der Waals surface area contributed by atoms with Crippen molar-refractivity contribution in [3.8, 4) is 0 Å². The van der Waals surface area contributed by atoms with Gasteiger partial charge in [-0.25, -0.2) is 4.98 Å². The monoisotopic (exact) mass is 303 g/mol. The molecular weight excluding hydrogens is 286 g/mol. The number of hydrogen-bond donors (Lipinski definition) is 2. The molecule has 0 bridgehead atoms. The fourth-order valence-electron chi connectivity index (χ4n) is 1.42. The first-order valence-corrected chi connectivity index (χ1v) is 7.98. The van der Waals surface area contributed by atoms with Gasteiger partial charge in [-0.05, 0) is 19.1 Å². The summed E-state index contributed by atoms with van der Waals surface area (Å²) >= 11 is 5.86. The molecule has 1 aromatic rings. The molecule has 1 aromatic heterocycles. The lowest BCUT2D eigenvalue weighted by molar-refractivity contribution is 0.0956. The van der Waals surface area contributed by atoms with Crippen molar-refractivity contribution in [3.63, 3.8) is 0 Å². The molecule has 0 aliphatic heterocycles. The molecule has 0 aliphatic carbocycles. The largest absolute Gasteiger partial charge is 0.370 e. The van der Waals surface area contributed by atoms with E-state index in [2.05, 4.69) is 15.6 Å². The predicted octanol–water partition coefficient (Wildman–Crippen LogP) is 1.67. The van der Waals surface area contributed by atoms with Gasteiger partial charge in [0.2, 0.25) is 0 Å². The Morgan fingerprint density at radius 2 is 2.16 bits per heavy atom. The fraction of sp³-hybridized carbons (Fsp3) is 0.500. The number of rotatable bonds is 7. The molecular formula is C12H18ClN3O2S. The summed E-state index contributed by atoms with van der Waals surface area (Å²) in [4.78, 5) is 16.0. The molecule has 0 saturated heterocycles. The van der Waals surface area contributed by atoms with Gasteiger partial charge in [0, 0.05) is 41.0 Å². The van der Waals surface area contributed by atoms with Crippen LogP contribution in [0.2, 0.25) is 5.15 Å². The summed E-state index contributed by atoms with van der Waals surface area (Å²) in [7, 11) is -0.877. The molecule has 19 heavy (non-hydrogen) atoms. The fourth-order valence-corrected chi connectivity index (χ4v) is 2.25. The topological polar surface area (TPSA) is 71.1 Å². The van der Waals surface area contributed by atoms with Gasteiger partial charge in [0.1, 0.15) is 11.0 Å². The van der Waals surface area contributed by atoms with Gasteiger partial charge in [-0.15, -0.1) is 0 Å². The molecule has 0 fully saturated rings. The van der Waals surface area contributed by atoms with E-state index in [4.69, 9.17) is 11.6 Å². The maximum atomic E-state index is 11.9. The van der Waals surface area contributed by atoms with Crippen LogP contribution in [0, 0.1) is 0 Å². The van der Waals surface area contributed by atoms with Crippen LogP contribution in [0.3, 0.4) is 0 Å². The van der Waals surface area contributed by atoms with Gasteiger partial charge in [0.15, 0.2) is 0 Å². The lowest BCUT2D eigenvalue weighted by Crippen LogP contribution is -2.28. The van der Waals surface area contributed by atoms with Gasteiger partial charge in [0.25, 0.3) is 5.91 Å². The summed E-state index contributed by atoms with van der Waals surface area (Å²) in [5.41, 5.74) is 0.443. The SMILES string of the molecule is CCNc1cc(C(=O)NCCS(=O)CC)cc(Cl)n1. The van der Waals surface area contributed by atoms with Gasteiger partial charge in [0.05, 0.1) is 0 Å². The number of halogens is 1. The minimum absolute atomic E-state index is 0.239. The summed E-state index contributed by atoms with van der Waals surface area (Å²) in [5.74, 6) is 1.39. The van der Waals surface area contributed by atoms with E-state index in [-0.39, 0.29) is 11.1 Å². The maximum Gasteiger partial charge on any atom is 0.251 e. The summed E-state index contributed by atoms with van der Waals surface area (Å²) in [6, 6.07) is 3.15. The van der Waals surface area contributed by atoms with Crippen molar-refractivity contribution in [2.75, 3.05) is 29.9 Å². The van der Waals surface area contributed by atoms with Crippen LogP contribution in [0.15, 0.2) is 12.1 Å². The van der Waals surface area contributed by atoms with E-state index in [0.29, 0.717) is 36.0 Å². The molecule has 0 radical (unpaired) electrons. The number of anilines is 1. The zero-order valence-corrected chi connectivity index (χ0v) is 12.6. The van der Waals surface area contributed by atoms with Gasteiger partial charge in [-0.3, -0.25) is 9.00 Å². The van der Waals surface area contributed by atoms with Gasteiger partial charge in [-0.2, -0.15) is 0 Å². The third-order valence-electron chi connectivity index (χ3n) is 2.35. The lowest BCUT2D eigenvalue weighted by atomic mass is 10.2. The highest BCUT2D eigenvalue weighted by Crippen LogP contribution is 2.14. The van der Waals surface area contributed by atoms with Crippen LogP contribution in [-0.4, -0.2) is 39.7 Å². The second kappa shape index (κ2) is 8.12. The van der Waals surface area contributed by atoms with Crippen molar-refractivity contribution in [2.24, 2.45) is 0 Å². The van der Waals surface area contributed by atoms with Crippen molar-refractivity contribution >= 4 is 34.1 Å². The third-order valence-corrected chi connectivity index (χ3v) is 3.85. The highest BCUT2D eigenvalue weighted by Gasteiger charge is 2.09. The highest BCUT2D eigenvalue weighted by atomic mass is 35.5. The molecule has 0 saturated carbocycles. The first-order valence-electron chi connectivity index (χ1n) is 6.11. The first-order chi connectivity index (χ1) is 9.06. The minimum Gasteiger partial charge on any atom is -0.370 e. The molecule has 1 rings (SSSR count). The number of nitrogens with zero attached hydrogens (tertiary/aromatic N) is 1. The summed E-state index contributed by atoms with van der Waals surface area (Å²) in [6.07, 6.45) is 0. The van der Waals surface area contributed by atoms with Crippen LogP contribution >= 0.6 is 11.6 Å². The Hall–Kier alpha value is -1.14. The Morgan fingerprint density at radius 3 is 2.79 bits per heavy atom. The van der Waals surface area contributed by atoms with E-state index in [0.717, 1.165) is 0 Å². The highest BCUT2D eigenvalue weighted by molar-refractivity contribution is 7.84. The Morgan fingerprint density at radius 1 is 1.42 bits per heavy atom. The van der Waals surface area contributed by atoms with E-state index in [1.54, 1.807) is 6.07 Å². The molecule has 1 atom stereocenters. The Bertz CT molecular complexity index is 468. The van der Waals surface area contributed by atoms with Crippen LogP contribution in [0.1, 0.15) is 24.2 Å². The van der Waals surface area contributed by atoms with Crippen molar-refractivity contribution in [3.05, 3.63) is 22.8 Å². The van der Waals surface area contributed by atoms with E-state index in [9.17, 15) is 9.00 Å². The zero-order chi connectivity index (χ0) is 14.3. The number of hydrogen-bond acceptors (Lipinski definition) is 4. The minimum atomic E-state index is -0.877. The lowest BCUT2D eigenvalue weighted by Gasteiger charge is -2.08. The molecule has 0 aliphatic rings. The van der Waals surface area contributed by atoms with Crippen LogP contribution < -0.4 is 10.6 Å². The second-order valence-corrected chi connectivity index (χ2v) is 6.04. The normalized spacial score (nSPS) is 11.9. The number of aromatic nitrogens is 1. The average molecular weight is 304 g/mol. The second-order valence-electron chi connectivity index (χ2n) is 3.78. The summed E-state index contributed by atoms with van der Waals surface area (Å²) < 4.78 is 11.2. The average Bonchev–Trinajstić information content (AvgIpc) is 2.38. The Labute approximate surface area is 120 Å². The van der Waals surface area contributed by atoms with E-state index < -0.39 is 10.8 Å². The van der Waals surface area contributed by atoms with Gasteiger partial charge in [-0.1, -0.05) is 18.5 Å². The molecule has 106 valence electrons. The standard InChI is InChI=1S/C12H18ClN3O2S/c1-3-14-11-8-9(7-10(13)16-11)12(17)15-5-6-19(18)4-2/h7-8H,3-6H2,1-2H3,(H,14,16)(H,15,17). The van der Waals surface area contributed by atoms with Crippen LogP contribution in [0.5, 0.6) is 0 Å². The van der Waals surface area contributed by atoms with E-state index >= 15 is 0 Å². The molecule has 7 heteroatoms. The summed E-state index contributed by atoms with van der Waals surface area (Å²) in [5, 5.41) is 5.98. The van der Waals surface area contributed by atoms with Crippen molar-refractivity contribution in [1.82, 2.24) is 10.3 Å². The van der Waals surface area contributed by atoms with Crippen LogP contribution in [0.4, 0.5) is 5.82 Å². The molecule has 0 spiro atoms. The van der Waals surface area contributed by atoms with Gasteiger partial charge < -0.3 is 10.6 Å². The number of carbonyl (C=O) groups excluding carboxylic acids is 1. The van der Waals surface area contributed by atoms with Crippen molar-refractivity contribution < 1.29 is 9.00 Å². The smallest absolute Gasteiger partial charge is 0.251 e. The molecule has 5 nitrogen and oxygen atoms in total. The van der Waals surface area contributed by atoms with Gasteiger partial charge >= 0.3 is 0 Å². The van der Waals surface area contributed by atoms with Crippen LogP contribution in [-0.2, 0) is 10.8 Å². The zero-order valence-electron chi connectivity index (χ0n) is 11.0. The molecule has 2 N–H and O–H groups in total. The molecule has 1 unspecified atom stereocenters. The van der Waals surface area contributed by atoms with E-state index in [1.165, 1.54) is 6.07 Å². The number of nitrogens with one attached hydrogen (secondary N) is 2. The van der Waals surface area contributed by atoms with Crippen molar-refractivity contribution in [1.29, 1.82) is 0 Å². The quantitative estimate of drug-likeness (QED) is 0.752. The first kappa shape index (κ1) is 15.9.